The first-order valence-electron chi connectivity index (χ1n) is 4.08. The predicted molar refractivity (Wildman–Crippen MR) is 44.1 cm³/mol. The molecule has 0 amide bonds. The van der Waals surface area contributed by atoms with Gasteiger partial charge in [-0.25, -0.2) is 4.79 Å². The molecule has 4 heteroatoms. The Kier molecular flexibility index (Phi) is 3.22. The second-order valence-electron chi connectivity index (χ2n) is 2.74. The Morgan fingerprint density at radius 3 is 3.08 bits per heavy atom. The van der Waals surface area contributed by atoms with Gasteiger partial charge in [-0.05, 0) is 13.3 Å². The number of esters is 1. The van der Waals surface area contributed by atoms with E-state index in [9.17, 15) is 4.79 Å². The highest BCUT2D eigenvalue weighted by atomic mass is 16.5. The molecule has 1 N–H and O–H groups in total. The molecule has 4 nitrogen and oxygen atoms in total. The smallest absolute Gasteiger partial charge is 0.330 e. The zero-order chi connectivity index (χ0) is 8.97. The fraction of sp³-hybridized carbons (Fsp3) is 0.750. The molecule has 0 fully saturated rings. The second-order valence-corrected chi connectivity index (χ2v) is 2.74. The summed E-state index contributed by atoms with van der Waals surface area (Å²) < 4.78 is 4.78. The van der Waals surface area contributed by atoms with E-state index in [-0.39, 0.29) is 24.5 Å². The zero-order valence-corrected chi connectivity index (χ0v) is 7.06. The van der Waals surface area contributed by atoms with Crippen LogP contribution in [0.15, 0.2) is 4.99 Å². The van der Waals surface area contributed by atoms with Gasteiger partial charge in [0.05, 0.1) is 13.2 Å². The minimum absolute atomic E-state index is 0.0272. The van der Waals surface area contributed by atoms with Crippen LogP contribution in [0.5, 0.6) is 0 Å². The summed E-state index contributed by atoms with van der Waals surface area (Å²) in [7, 11) is 0. The van der Waals surface area contributed by atoms with E-state index in [0.29, 0.717) is 13.0 Å². The molecule has 1 aliphatic rings. The number of rotatable bonds is 3. The fourth-order valence-electron chi connectivity index (χ4n) is 1.15. The van der Waals surface area contributed by atoms with Crippen molar-refractivity contribution < 1.29 is 14.6 Å². The Labute approximate surface area is 71.3 Å². The number of carbonyl (C=O) groups excluding carboxylic acids is 1. The normalized spacial score (nSPS) is 27.5. The summed E-state index contributed by atoms with van der Waals surface area (Å²) in [6.07, 6.45) is 2.21. The Morgan fingerprint density at radius 1 is 1.83 bits per heavy atom. The van der Waals surface area contributed by atoms with Crippen molar-refractivity contribution in [3.8, 4) is 0 Å². The average Bonchev–Trinajstić information content (AvgIpc) is 2.52. The van der Waals surface area contributed by atoms with Crippen LogP contribution < -0.4 is 0 Å². The highest BCUT2D eigenvalue weighted by Crippen LogP contribution is 2.15. The van der Waals surface area contributed by atoms with Crippen molar-refractivity contribution in [3.63, 3.8) is 0 Å². The summed E-state index contributed by atoms with van der Waals surface area (Å²) in [5, 5.41) is 8.75. The van der Waals surface area contributed by atoms with E-state index in [2.05, 4.69) is 4.99 Å². The van der Waals surface area contributed by atoms with Crippen molar-refractivity contribution in [1.82, 2.24) is 0 Å². The third kappa shape index (κ3) is 2.04. The maximum atomic E-state index is 11.1. The maximum absolute atomic E-state index is 11.1. The first-order valence-corrected chi connectivity index (χ1v) is 4.08. The monoisotopic (exact) mass is 171 g/mol. The van der Waals surface area contributed by atoms with Crippen molar-refractivity contribution in [2.75, 3.05) is 13.2 Å². The number of nitrogens with zero attached hydrogens (tertiary/aromatic N) is 1. The highest BCUT2D eigenvalue weighted by molar-refractivity contribution is 5.81. The van der Waals surface area contributed by atoms with Crippen molar-refractivity contribution >= 4 is 12.2 Å². The highest BCUT2D eigenvalue weighted by Gasteiger charge is 2.26. The van der Waals surface area contributed by atoms with Gasteiger partial charge in [-0.1, -0.05) is 0 Å². The maximum Gasteiger partial charge on any atom is 0.330 e. The quantitative estimate of drug-likeness (QED) is 0.608. The van der Waals surface area contributed by atoms with Gasteiger partial charge in [0.15, 0.2) is 0 Å². The Balaban J connectivity index is 2.37. The van der Waals surface area contributed by atoms with Crippen molar-refractivity contribution in [3.05, 3.63) is 0 Å². The number of carbonyl (C=O) groups is 1. The van der Waals surface area contributed by atoms with Gasteiger partial charge in [0.1, 0.15) is 6.04 Å². The Bertz CT molecular complexity index is 191. The van der Waals surface area contributed by atoms with Gasteiger partial charge in [-0.3, -0.25) is 4.99 Å². The van der Waals surface area contributed by atoms with Crippen molar-refractivity contribution in [1.29, 1.82) is 0 Å². The lowest BCUT2D eigenvalue weighted by atomic mass is 10.1. The summed E-state index contributed by atoms with van der Waals surface area (Å²) >= 11 is 0. The molecular formula is C8H13NO3. The first-order chi connectivity index (χ1) is 5.77. The molecule has 0 saturated carbocycles. The minimum atomic E-state index is -0.387. The summed E-state index contributed by atoms with van der Waals surface area (Å²) in [6.45, 7) is 2.20. The molecule has 0 aromatic rings. The van der Waals surface area contributed by atoms with E-state index < -0.39 is 0 Å². The van der Waals surface area contributed by atoms with Crippen LogP contribution in [0.25, 0.3) is 0 Å². The van der Waals surface area contributed by atoms with E-state index in [1.807, 2.05) is 0 Å². The van der Waals surface area contributed by atoms with Crippen LogP contribution in [0.4, 0.5) is 0 Å². The molecule has 0 aromatic heterocycles. The molecule has 0 aromatic carbocycles. The number of hydrogen-bond donors (Lipinski definition) is 1. The molecular weight excluding hydrogens is 158 g/mol. The second kappa shape index (κ2) is 4.21. The van der Waals surface area contributed by atoms with Crippen LogP contribution in [-0.4, -0.2) is 36.5 Å². The van der Waals surface area contributed by atoms with Gasteiger partial charge >= 0.3 is 5.97 Å². The standard InChI is InChI=1S/C8H13NO3/c1-2-12-8(11)7-3-6(5-10)4-9-7/h4,6-7,10H,2-3,5H2,1H3. The third-order valence-corrected chi connectivity index (χ3v) is 1.80. The van der Waals surface area contributed by atoms with E-state index in [0.717, 1.165) is 0 Å². The molecule has 0 saturated heterocycles. The SMILES string of the molecule is CCOC(=O)C1CC(CO)C=N1. The van der Waals surface area contributed by atoms with Crippen LogP contribution >= 0.6 is 0 Å². The van der Waals surface area contributed by atoms with E-state index >= 15 is 0 Å². The van der Waals surface area contributed by atoms with E-state index in [4.69, 9.17) is 9.84 Å². The minimum Gasteiger partial charge on any atom is -0.464 e. The molecule has 0 aliphatic carbocycles. The van der Waals surface area contributed by atoms with E-state index in [1.54, 1.807) is 13.1 Å². The average molecular weight is 171 g/mol. The summed E-state index contributed by atoms with van der Waals surface area (Å²) in [6, 6.07) is -0.387. The lowest BCUT2D eigenvalue weighted by Crippen LogP contribution is -2.20. The summed E-state index contributed by atoms with van der Waals surface area (Å²) in [5.74, 6) is -0.260. The largest absolute Gasteiger partial charge is 0.464 e. The summed E-state index contributed by atoms with van der Waals surface area (Å²) in [5.41, 5.74) is 0. The molecule has 0 bridgehead atoms. The molecule has 1 rings (SSSR count). The van der Waals surface area contributed by atoms with Gasteiger partial charge in [0, 0.05) is 12.1 Å². The van der Waals surface area contributed by atoms with Crippen LogP contribution in [0.3, 0.4) is 0 Å². The number of ether oxygens (including phenoxy) is 1. The molecule has 1 heterocycles. The topological polar surface area (TPSA) is 58.9 Å². The van der Waals surface area contributed by atoms with Crippen molar-refractivity contribution in [2.45, 2.75) is 19.4 Å². The molecule has 2 atom stereocenters. The van der Waals surface area contributed by atoms with Gasteiger partial charge in [0.25, 0.3) is 0 Å². The first kappa shape index (κ1) is 9.19. The van der Waals surface area contributed by atoms with Gasteiger partial charge in [-0.2, -0.15) is 0 Å². The molecule has 12 heavy (non-hydrogen) atoms. The van der Waals surface area contributed by atoms with Crippen LogP contribution in [0.2, 0.25) is 0 Å². The van der Waals surface area contributed by atoms with Crippen LogP contribution in [0.1, 0.15) is 13.3 Å². The Hall–Kier alpha value is -0.900. The lowest BCUT2D eigenvalue weighted by molar-refractivity contribution is -0.144. The fourth-order valence-corrected chi connectivity index (χ4v) is 1.15. The lowest BCUT2D eigenvalue weighted by Gasteiger charge is -2.06. The number of aliphatic imine (C=N–C) groups is 1. The number of hydrogen-bond acceptors (Lipinski definition) is 4. The zero-order valence-electron chi connectivity index (χ0n) is 7.06. The summed E-state index contributed by atoms with van der Waals surface area (Å²) in [4.78, 5) is 15.0. The Morgan fingerprint density at radius 2 is 2.58 bits per heavy atom. The number of aliphatic hydroxyl groups excluding tert-OH is 1. The van der Waals surface area contributed by atoms with Gasteiger partial charge in [-0.15, -0.1) is 0 Å². The molecule has 1 aliphatic heterocycles. The van der Waals surface area contributed by atoms with Crippen molar-refractivity contribution in [2.24, 2.45) is 10.9 Å². The van der Waals surface area contributed by atoms with Crippen LogP contribution in [0, 0.1) is 5.92 Å². The molecule has 68 valence electrons. The molecule has 0 spiro atoms. The molecule has 0 radical (unpaired) electrons. The van der Waals surface area contributed by atoms with Gasteiger partial charge in [0.2, 0.25) is 0 Å². The van der Waals surface area contributed by atoms with Gasteiger partial charge < -0.3 is 9.84 Å². The van der Waals surface area contributed by atoms with Crippen LogP contribution in [-0.2, 0) is 9.53 Å². The number of aliphatic hydroxyl groups is 1. The predicted octanol–water partition coefficient (Wildman–Crippen LogP) is 0.00110. The molecule has 2 unspecified atom stereocenters. The van der Waals surface area contributed by atoms with E-state index in [1.165, 1.54) is 0 Å². The third-order valence-electron chi connectivity index (χ3n) is 1.80.